The zero-order chi connectivity index (χ0) is 18.4. The Hall–Kier alpha value is -2.37. The maximum atomic E-state index is 12.2. The fraction of sp³-hybridized carbons (Fsp3) is 0.526. The molecule has 0 saturated heterocycles. The average molecular weight is 346 g/mol. The second-order valence-electron chi connectivity index (χ2n) is 6.92. The van der Waals surface area contributed by atoms with Gasteiger partial charge in [-0.05, 0) is 58.2 Å². The summed E-state index contributed by atoms with van der Waals surface area (Å²) in [6.45, 7) is 8.31. The standard InChI is InChI=1S/C19H26N2O4/c1-5-24-17(22)15-7-6-12-20-16(15)13-8-10-14(11-9-13)21-18(23)25-19(2,3)4/h8-11,15H,5-7,12H2,1-4H3,(H,21,23). The first-order valence-corrected chi connectivity index (χ1v) is 8.61. The van der Waals surface area contributed by atoms with Crippen LogP contribution in [-0.2, 0) is 14.3 Å². The van der Waals surface area contributed by atoms with Gasteiger partial charge in [-0.15, -0.1) is 0 Å². The third-order valence-corrected chi connectivity index (χ3v) is 3.66. The molecule has 0 aromatic heterocycles. The van der Waals surface area contributed by atoms with Crippen LogP contribution >= 0.6 is 0 Å². The molecule has 1 atom stereocenters. The second-order valence-corrected chi connectivity index (χ2v) is 6.92. The van der Waals surface area contributed by atoms with Crippen molar-refractivity contribution in [1.82, 2.24) is 0 Å². The summed E-state index contributed by atoms with van der Waals surface area (Å²) in [6.07, 6.45) is 1.13. The fourth-order valence-electron chi connectivity index (χ4n) is 2.65. The van der Waals surface area contributed by atoms with Crippen LogP contribution in [0.1, 0.15) is 46.1 Å². The molecule has 1 heterocycles. The van der Waals surface area contributed by atoms with Crippen molar-refractivity contribution < 1.29 is 19.1 Å². The van der Waals surface area contributed by atoms with Crippen molar-refractivity contribution in [3.8, 4) is 0 Å². The molecule has 0 bridgehead atoms. The number of nitrogens with one attached hydrogen (secondary N) is 1. The van der Waals surface area contributed by atoms with E-state index < -0.39 is 11.7 Å². The molecule has 0 spiro atoms. The highest BCUT2D eigenvalue weighted by atomic mass is 16.6. The van der Waals surface area contributed by atoms with E-state index in [4.69, 9.17) is 9.47 Å². The lowest BCUT2D eigenvalue weighted by molar-refractivity contribution is -0.145. The maximum absolute atomic E-state index is 12.2. The van der Waals surface area contributed by atoms with Gasteiger partial charge in [0.1, 0.15) is 5.60 Å². The van der Waals surface area contributed by atoms with Gasteiger partial charge in [-0.2, -0.15) is 0 Å². The number of aliphatic imine (C=N–C) groups is 1. The van der Waals surface area contributed by atoms with Crippen LogP contribution in [-0.4, -0.2) is 36.5 Å². The van der Waals surface area contributed by atoms with Gasteiger partial charge in [-0.25, -0.2) is 4.79 Å². The second kappa shape index (κ2) is 8.14. The van der Waals surface area contributed by atoms with E-state index >= 15 is 0 Å². The van der Waals surface area contributed by atoms with Crippen molar-refractivity contribution in [2.75, 3.05) is 18.5 Å². The van der Waals surface area contributed by atoms with Gasteiger partial charge in [0.15, 0.2) is 0 Å². The number of carbonyl (C=O) groups is 2. The molecular formula is C19H26N2O4. The van der Waals surface area contributed by atoms with Crippen LogP contribution in [0.25, 0.3) is 0 Å². The third-order valence-electron chi connectivity index (χ3n) is 3.66. The van der Waals surface area contributed by atoms with Gasteiger partial charge in [0.2, 0.25) is 0 Å². The first-order chi connectivity index (χ1) is 11.8. The van der Waals surface area contributed by atoms with E-state index in [9.17, 15) is 9.59 Å². The van der Waals surface area contributed by atoms with Gasteiger partial charge in [0.05, 0.1) is 18.2 Å². The summed E-state index contributed by atoms with van der Waals surface area (Å²) in [6, 6.07) is 7.25. The lowest BCUT2D eigenvalue weighted by atomic mass is 9.90. The molecule has 1 aromatic carbocycles. The molecule has 1 aliphatic rings. The number of hydrogen-bond donors (Lipinski definition) is 1. The molecule has 1 aromatic rings. The zero-order valence-electron chi connectivity index (χ0n) is 15.3. The van der Waals surface area contributed by atoms with Crippen molar-refractivity contribution in [2.24, 2.45) is 10.9 Å². The number of benzene rings is 1. The highest BCUT2D eigenvalue weighted by Gasteiger charge is 2.28. The van der Waals surface area contributed by atoms with Crippen molar-refractivity contribution in [1.29, 1.82) is 0 Å². The van der Waals surface area contributed by atoms with E-state index in [1.165, 1.54) is 0 Å². The molecule has 0 fully saturated rings. The molecule has 6 heteroatoms. The van der Waals surface area contributed by atoms with Gasteiger partial charge >= 0.3 is 12.1 Å². The molecule has 2 rings (SSSR count). The number of anilines is 1. The topological polar surface area (TPSA) is 77.0 Å². The molecular weight excluding hydrogens is 320 g/mol. The smallest absolute Gasteiger partial charge is 0.412 e. The summed E-state index contributed by atoms with van der Waals surface area (Å²) in [5.41, 5.74) is 1.70. The number of nitrogens with zero attached hydrogens (tertiary/aromatic N) is 1. The molecule has 6 nitrogen and oxygen atoms in total. The lowest BCUT2D eigenvalue weighted by Gasteiger charge is -2.22. The van der Waals surface area contributed by atoms with Gasteiger partial charge in [0.25, 0.3) is 0 Å². The minimum absolute atomic E-state index is 0.225. The van der Waals surface area contributed by atoms with E-state index in [0.29, 0.717) is 18.8 Å². The summed E-state index contributed by atoms with van der Waals surface area (Å²) in [4.78, 5) is 28.5. The Balaban J connectivity index is 2.09. The predicted octanol–water partition coefficient (Wildman–Crippen LogP) is 3.80. The minimum atomic E-state index is -0.548. The molecule has 1 aliphatic heterocycles. The van der Waals surface area contributed by atoms with Crippen molar-refractivity contribution in [3.05, 3.63) is 29.8 Å². The molecule has 0 aliphatic carbocycles. The van der Waals surface area contributed by atoms with E-state index in [1.807, 2.05) is 32.9 Å². The number of esters is 1. The monoisotopic (exact) mass is 346 g/mol. The zero-order valence-corrected chi connectivity index (χ0v) is 15.3. The van der Waals surface area contributed by atoms with Crippen LogP contribution in [0, 0.1) is 5.92 Å². The SMILES string of the molecule is CCOC(=O)C1CCCN=C1c1ccc(NC(=O)OC(C)(C)C)cc1. The van der Waals surface area contributed by atoms with Gasteiger partial charge in [-0.1, -0.05) is 12.1 Å². The Morgan fingerprint density at radius 2 is 1.92 bits per heavy atom. The number of carbonyl (C=O) groups excluding carboxylic acids is 2. The maximum Gasteiger partial charge on any atom is 0.412 e. The summed E-state index contributed by atoms with van der Waals surface area (Å²) < 4.78 is 10.4. The highest BCUT2D eigenvalue weighted by molar-refractivity contribution is 6.12. The van der Waals surface area contributed by atoms with Crippen LogP contribution in [0.3, 0.4) is 0 Å². The first-order valence-electron chi connectivity index (χ1n) is 8.61. The Morgan fingerprint density at radius 1 is 1.24 bits per heavy atom. The number of amides is 1. The molecule has 0 saturated carbocycles. The van der Waals surface area contributed by atoms with E-state index in [2.05, 4.69) is 10.3 Å². The van der Waals surface area contributed by atoms with E-state index in [1.54, 1.807) is 19.1 Å². The number of hydrogen-bond acceptors (Lipinski definition) is 5. The summed E-state index contributed by atoms with van der Waals surface area (Å²) in [5.74, 6) is -0.546. The van der Waals surface area contributed by atoms with E-state index in [0.717, 1.165) is 24.1 Å². The number of rotatable bonds is 4. The van der Waals surface area contributed by atoms with Gasteiger partial charge in [0, 0.05) is 12.2 Å². The lowest BCUT2D eigenvalue weighted by Crippen LogP contribution is -2.30. The van der Waals surface area contributed by atoms with Crippen LogP contribution in [0.2, 0.25) is 0 Å². The Labute approximate surface area is 148 Å². The van der Waals surface area contributed by atoms with Crippen LogP contribution < -0.4 is 5.32 Å². The molecule has 1 N–H and O–H groups in total. The first kappa shape index (κ1) is 19.0. The average Bonchev–Trinajstić information content (AvgIpc) is 2.54. The summed E-state index contributed by atoms with van der Waals surface area (Å²) >= 11 is 0. The van der Waals surface area contributed by atoms with Crippen LogP contribution in [0.4, 0.5) is 10.5 Å². The molecule has 25 heavy (non-hydrogen) atoms. The van der Waals surface area contributed by atoms with Crippen LogP contribution in [0.15, 0.2) is 29.3 Å². The Bertz CT molecular complexity index is 644. The summed E-state index contributed by atoms with van der Waals surface area (Å²) in [5, 5.41) is 2.69. The largest absolute Gasteiger partial charge is 0.465 e. The highest BCUT2D eigenvalue weighted by Crippen LogP contribution is 2.23. The predicted molar refractivity (Wildman–Crippen MR) is 97.1 cm³/mol. The fourth-order valence-corrected chi connectivity index (χ4v) is 2.65. The van der Waals surface area contributed by atoms with Crippen molar-refractivity contribution in [2.45, 2.75) is 46.1 Å². The molecule has 1 amide bonds. The van der Waals surface area contributed by atoms with Gasteiger partial charge < -0.3 is 9.47 Å². The summed E-state index contributed by atoms with van der Waals surface area (Å²) in [7, 11) is 0. The van der Waals surface area contributed by atoms with E-state index in [-0.39, 0.29) is 11.9 Å². The third kappa shape index (κ3) is 5.59. The Morgan fingerprint density at radius 3 is 2.52 bits per heavy atom. The normalized spacial score (nSPS) is 17.4. The molecule has 136 valence electrons. The molecule has 0 radical (unpaired) electrons. The van der Waals surface area contributed by atoms with Crippen molar-refractivity contribution >= 4 is 23.5 Å². The molecule has 1 unspecified atom stereocenters. The van der Waals surface area contributed by atoms with Crippen LogP contribution in [0.5, 0.6) is 0 Å². The van der Waals surface area contributed by atoms with Gasteiger partial charge in [-0.3, -0.25) is 15.1 Å². The number of ether oxygens (including phenoxy) is 2. The van der Waals surface area contributed by atoms with Crippen molar-refractivity contribution in [3.63, 3.8) is 0 Å². The minimum Gasteiger partial charge on any atom is -0.465 e. The quantitative estimate of drug-likeness (QED) is 0.841. The Kier molecular flexibility index (Phi) is 6.17.